The molecule has 5 heteroatoms. The van der Waals surface area contributed by atoms with Crippen molar-refractivity contribution in [3.8, 4) is 11.3 Å². The predicted molar refractivity (Wildman–Crippen MR) is 89.8 cm³/mol. The maximum atomic E-state index is 12.5. The number of carbonyl (C=O) groups excluding carboxylic acids is 1. The van der Waals surface area contributed by atoms with Gasteiger partial charge in [-0.2, -0.15) is 0 Å². The van der Waals surface area contributed by atoms with E-state index in [4.69, 9.17) is 0 Å². The van der Waals surface area contributed by atoms with Crippen molar-refractivity contribution in [2.75, 3.05) is 13.1 Å². The zero-order valence-corrected chi connectivity index (χ0v) is 13.9. The van der Waals surface area contributed by atoms with E-state index in [9.17, 15) is 4.79 Å². The highest BCUT2D eigenvalue weighted by Crippen LogP contribution is 2.25. The van der Waals surface area contributed by atoms with Gasteiger partial charge in [-0.1, -0.05) is 49.4 Å². The summed E-state index contributed by atoms with van der Waals surface area (Å²) in [5.74, 6) is 0.449. The minimum atomic E-state index is 0.157. The van der Waals surface area contributed by atoms with Crippen molar-refractivity contribution in [2.24, 2.45) is 5.92 Å². The average Bonchev–Trinajstić information content (AvgIpc) is 3.26. The molecule has 1 unspecified atom stereocenters. The fourth-order valence-electron chi connectivity index (χ4n) is 3.25. The second kappa shape index (κ2) is 6.94. The Morgan fingerprint density at radius 3 is 2.70 bits per heavy atom. The third kappa shape index (κ3) is 3.28. The molecule has 23 heavy (non-hydrogen) atoms. The summed E-state index contributed by atoms with van der Waals surface area (Å²) in [6.45, 7) is 5.74. The molecule has 0 N–H and O–H groups in total. The highest BCUT2D eigenvalue weighted by Gasteiger charge is 2.30. The van der Waals surface area contributed by atoms with Crippen LogP contribution in [-0.4, -0.2) is 38.9 Å². The van der Waals surface area contributed by atoms with Crippen LogP contribution in [0.3, 0.4) is 0 Å². The molecule has 1 saturated heterocycles. The number of aromatic nitrogens is 3. The van der Waals surface area contributed by atoms with E-state index < -0.39 is 0 Å². The van der Waals surface area contributed by atoms with Crippen LogP contribution in [-0.2, 0) is 4.79 Å². The van der Waals surface area contributed by atoms with Gasteiger partial charge in [-0.15, -0.1) is 5.10 Å². The van der Waals surface area contributed by atoms with Gasteiger partial charge in [0.1, 0.15) is 5.69 Å². The molecule has 3 rings (SSSR count). The van der Waals surface area contributed by atoms with Gasteiger partial charge < -0.3 is 4.90 Å². The molecule has 2 aromatic rings. The van der Waals surface area contributed by atoms with E-state index in [0.717, 1.165) is 43.6 Å². The Kier molecular flexibility index (Phi) is 4.74. The van der Waals surface area contributed by atoms with Crippen molar-refractivity contribution in [1.82, 2.24) is 19.9 Å². The average molecular weight is 312 g/mol. The van der Waals surface area contributed by atoms with E-state index in [0.29, 0.717) is 5.91 Å². The smallest absolute Gasteiger partial charge is 0.225 e. The van der Waals surface area contributed by atoms with Crippen LogP contribution in [0.15, 0.2) is 36.5 Å². The van der Waals surface area contributed by atoms with Crippen LogP contribution in [0.4, 0.5) is 0 Å². The van der Waals surface area contributed by atoms with Gasteiger partial charge in [0, 0.05) is 24.6 Å². The molecule has 1 fully saturated rings. The van der Waals surface area contributed by atoms with Crippen LogP contribution in [0, 0.1) is 5.92 Å². The van der Waals surface area contributed by atoms with E-state index in [1.807, 2.05) is 46.1 Å². The number of hydrogen-bond donors (Lipinski definition) is 0. The molecule has 0 spiro atoms. The van der Waals surface area contributed by atoms with Crippen LogP contribution < -0.4 is 0 Å². The van der Waals surface area contributed by atoms with E-state index in [-0.39, 0.29) is 12.0 Å². The first kappa shape index (κ1) is 15.7. The Morgan fingerprint density at radius 1 is 1.26 bits per heavy atom. The van der Waals surface area contributed by atoms with E-state index in [1.54, 1.807) is 0 Å². The molecule has 122 valence electrons. The fraction of sp³-hybridized carbons (Fsp3) is 0.500. The van der Waals surface area contributed by atoms with Crippen LogP contribution >= 0.6 is 0 Å². The van der Waals surface area contributed by atoms with Gasteiger partial charge >= 0.3 is 0 Å². The Hall–Kier alpha value is -2.17. The summed E-state index contributed by atoms with van der Waals surface area (Å²) >= 11 is 0. The summed E-state index contributed by atoms with van der Waals surface area (Å²) in [5.41, 5.74) is 1.96. The lowest BCUT2D eigenvalue weighted by molar-refractivity contribution is -0.134. The lowest BCUT2D eigenvalue weighted by Gasteiger charge is -2.21. The number of hydrogen-bond acceptors (Lipinski definition) is 3. The zero-order chi connectivity index (χ0) is 16.2. The van der Waals surface area contributed by atoms with E-state index in [2.05, 4.69) is 24.2 Å². The topological polar surface area (TPSA) is 51.0 Å². The van der Waals surface area contributed by atoms with Gasteiger partial charge in [0.15, 0.2) is 0 Å². The Bertz CT molecular complexity index is 648. The van der Waals surface area contributed by atoms with Gasteiger partial charge in [0.25, 0.3) is 0 Å². The van der Waals surface area contributed by atoms with Crippen molar-refractivity contribution in [3.05, 3.63) is 36.5 Å². The van der Waals surface area contributed by atoms with Gasteiger partial charge in [0.2, 0.25) is 5.91 Å². The van der Waals surface area contributed by atoms with Gasteiger partial charge in [-0.3, -0.25) is 4.79 Å². The summed E-state index contributed by atoms with van der Waals surface area (Å²) in [7, 11) is 0. The number of rotatable bonds is 5. The first-order chi connectivity index (χ1) is 11.2. The lowest BCUT2D eigenvalue weighted by atomic mass is 10.0. The van der Waals surface area contributed by atoms with Crippen LogP contribution in [0.5, 0.6) is 0 Å². The van der Waals surface area contributed by atoms with Crippen LogP contribution in [0.2, 0.25) is 0 Å². The third-order valence-electron chi connectivity index (χ3n) is 4.76. The van der Waals surface area contributed by atoms with Crippen molar-refractivity contribution >= 4 is 5.91 Å². The Morgan fingerprint density at radius 2 is 2.00 bits per heavy atom. The van der Waals surface area contributed by atoms with Crippen molar-refractivity contribution in [2.45, 2.75) is 39.2 Å². The molecule has 2 heterocycles. The molecular weight excluding hydrogens is 288 g/mol. The highest BCUT2D eigenvalue weighted by atomic mass is 16.2. The fourth-order valence-corrected chi connectivity index (χ4v) is 3.25. The zero-order valence-electron chi connectivity index (χ0n) is 13.9. The molecule has 1 aliphatic heterocycles. The largest absolute Gasteiger partial charge is 0.340 e. The molecule has 5 nitrogen and oxygen atoms in total. The number of carbonyl (C=O) groups is 1. The lowest BCUT2D eigenvalue weighted by Crippen LogP contribution is -2.34. The molecule has 1 aromatic heterocycles. The molecule has 1 amide bonds. The number of benzene rings is 1. The monoisotopic (exact) mass is 312 g/mol. The second-order valence-electron chi connectivity index (χ2n) is 6.19. The number of likely N-dealkylation sites (tertiary alicyclic amines) is 1. The molecule has 0 aliphatic carbocycles. The Labute approximate surface area is 137 Å². The summed E-state index contributed by atoms with van der Waals surface area (Å²) in [6, 6.07) is 10.3. The quantitative estimate of drug-likeness (QED) is 0.852. The van der Waals surface area contributed by atoms with Gasteiger partial charge in [-0.05, 0) is 19.3 Å². The molecule has 0 radical (unpaired) electrons. The molecule has 1 atom stereocenters. The molecule has 1 aliphatic rings. The van der Waals surface area contributed by atoms with Crippen LogP contribution in [0.1, 0.15) is 39.2 Å². The first-order valence-corrected chi connectivity index (χ1v) is 8.49. The molecular formula is C18H24N4O. The third-order valence-corrected chi connectivity index (χ3v) is 4.76. The van der Waals surface area contributed by atoms with Gasteiger partial charge in [-0.25, -0.2) is 4.68 Å². The summed E-state index contributed by atoms with van der Waals surface area (Å²) in [6.07, 6.45) is 4.77. The van der Waals surface area contributed by atoms with Gasteiger partial charge in [0.05, 0.1) is 12.2 Å². The maximum absolute atomic E-state index is 12.5. The standard InChI is InChI=1S/C18H24N4O/c1-3-14(4-2)18(23)21-11-10-16(12-21)22-13-17(19-20-22)15-8-6-5-7-9-15/h5-9,13-14,16H,3-4,10-12H2,1-2H3. The first-order valence-electron chi connectivity index (χ1n) is 8.49. The summed E-state index contributed by atoms with van der Waals surface area (Å²) in [5, 5.41) is 8.56. The van der Waals surface area contributed by atoms with Crippen LogP contribution in [0.25, 0.3) is 11.3 Å². The number of nitrogens with zero attached hydrogens (tertiary/aromatic N) is 4. The van der Waals surface area contributed by atoms with Crippen molar-refractivity contribution in [1.29, 1.82) is 0 Å². The van der Waals surface area contributed by atoms with E-state index in [1.165, 1.54) is 0 Å². The molecule has 1 aromatic carbocycles. The molecule has 0 bridgehead atoms. The minimum absolute atomic E-state index is 0.157. The summed E-state index contributed by atoms with van der Waals surface area (Å²) < 4.78 is 1.92. The van der Waals surface area contributed by atoms with Crippen molar-refractivity contribution in [3.63, 3.8) is 0 Å². The Balaban J connectivity index is 1.68. The maximum Gasteiger partial charge on any atom is 0.225 e. The highest BCUT2D eigenvalue weighted by molar-refractivity contribution is 5.79. The minimum Gasteiger partial charge on any atom is -0.340 e. The predicted octanol–water partition coefficient (Wildman–Crippen LogP) is 3.15. The van der Waals surface area contributed by atoms with E-state index >= 15 is 0 Å². The van der Waals surface area contributed by atoms with Crippen molar-refractivity contribution < 1.29 is 4.79 Å². The summed E-state index contributed by atoms with van der Waals surface area (Å²) in [4.78, 5) is 14.5. The normalized spacial score (nSPS) is 17.9. The molecule has 0 saturated carbocycles. The number of amides is 1. The SMILES string of the molecule is CCC(CC)C(=O)N1CCC(n2cc(-c3ccccc3)nn2)C1. The second-order valence-corrected chi connectivity index (χ2v) is 6.19.